The van der Waals surface area contributed by atoms with Crippen LogP contribution in [0.15, 0.2) is 33.9 Å². The van der Waals surface area contributed by atoms with Crippen molar-refractivity contribution < 1.29 is 4.39 Å². The van der Waals surface area contributed by atoms with E-state index in [2.05, 4.69) is 4.98 Å². The fraction of sp³-hybridized carbons (Fsp3) is 0.333. The number of halogens is 2. The molecule has 1 aliphatic rings. The van der Waals surface area contributed by atoms with Crippen molar-refractivity contribution in [2.45, 2.75) is 31.7 Å². The molecular weight excluding hydrogens is 295 g/mol. The van der Waals surface area contributed by atoms with Crippen molar-refractivity contribution in [2.75, 3.05) is 0 Å². The molecule has 0 spiro atoms. The fourth-order valence-electron chi connectivity index (χ4n) is 2.88. The Labute approximate surface area is 125 Å². The van der Waals surface area contributed by atoms with Gasteiger partial charge in [-0.15, -0.1) is 0 Å². The maximum absolute atomic E-state index is 13.0. The summed E-state index contributed by atoms with van der Waals surface area (Å²) in [6.07, 6.45) is 3.64. The van der Waals surface area contributed by atoms with Gasteiger partial charge in [0.1, 0.15) is 11.0 Å². The van der Waals surface area contributed by atoms with Gasteiger partial charge in [-0.25, -0.2) is 9.18 Å². The highest BCUT2D eigenvalue weighted by Crippen LogP contribution is 2.28. The van der Waals surface area contributed by atoms with Crippen molar-refractivity contribution in [3.05, 3.63) is 56.1 Å². The number of H-pyrrole nitrogens is 1. The molecule has 0 atom stereocenters. The normalized spacial score (nSPS) is 15.5. The van der Waals surface area contributed by atoms with E-state index < -0.39 is 17.1 Å². The topological polar surface area (TPSA) is 54.9 Å². The third-order valence-corrected chi connectivity index (χ3v) is 4.19. The smallest absolute Gasteiger partial charge is 0.297 e. The predicted molar refractivity (Wildman–Crippen MR) is 79.2 cm³/mol. The standard InChI is InChI=1S/C15H14ClFN2O2/c16-13-12(9-5-7-10(17)8-6-9)14(20)19(15(21)18-13)11-3-1-2-4-11/h5-8,11H,1-4H2,(H,18,21). The number of rotatable bonds is 2. The van der Waals surface area contributed by atoms with Gasteiger partial charge in [-0.2, -0.15) is 0 Å². The van der Waals surface area contributed by atoms with Gasteiger partial charge in [0.2, 0.25) is 0 Å². The third-order valence-electron chi connectivity index (χ3n) is 3.91. The van der Waals surface area contributed by atoms with E-state index in [1.807, 2.05) is 0 Å². The lowest BCUT2D eigenvalue weighted by Crippen LogP contribution is -2.38. The highest BCUT2D eigenvalue weighted by atomic mass is 35.5. The molecule has 4 nitrogen and oxygen atoms in total. The van der Waals surface area contributed by atoms with Gasteiger partial charge >= 0.3 is 5.69 Å². The molecule has 0 radical (unpaired) electrons. The minimum atomic E-state index is -0.484. The summed E-state index contributed by atoms with van der Waals surface area (Å²) in [5.74, 6) is -0.393. The maximum Gasteiger partial charge on any atom is 0.329 e. The molecule has 21 heavy (non-hydrogen) atoms. The molecule has 0 aliphatic heterocycles. The Morgan fingerprint density at radius 2 is 1.76 bits per heavy atom. The van der Waals surface area contributed by atoms with Gasteiger partial charge in [0.15, 0.2) is 0 Å². The average molecular weight is 309 g/mol. The molecular formula is C15H14ClFN2O2. The quantitative estimate of drug-likeness (QED) is 0.867. The first-order valence-corrected chi connectivity index (χ1v) is 7.26. The molecule has 1 heterocycles. The first-order valence-electron chi connectivity index (χ1n) is 6.88. The Hall–Kier alpha value is -1.88. The zero-order chi connectivity index (χ0) is 15.0. The summed E-state index contributed by atoms with van der Waals surface area (Å²) in [5.41, 5.74) is -0.192. The summed E-state index contributed by atoms with van der Waals surface area (Å²) in [5, 5.41) is -0.00847. The molecule has 110 valence electrons. The van der Waals surface area contributed by atoms with Gasteiger partial charge in [0.05, 0.1) is 5.56 Å². The lowest BCUT2D eigenvalue weighted by atomic mass is 10.1. The van der Waals surface area contributed by atoms with Crippen molar-refractivity contribution >= 4 is 11.6 Å². The van der Waals surface area contributed by atoms with Gasteiger partial charge in [-0.3, -0.25) is 14.3 Å². The number of hydrogen-bond donors (Lipinski definition) is 1. The Morgan fingerprint density at radius 3 is 2.38 bits per heavy atom. The van der Waals surface area contributed by atoms with Gasteiger partial charge in [-0.1, -0.05) is 36.6 Å². The minimum absolute atomic E-state index is 0.00847. The van der Waals surface area contributed by atoms with Crippen LogP contribution >= 0.6 is 11.6 Å². The van der Waals surface area contributed by atoms with Gasteiger partial charge in [0.25, 0.3) is 5.56 Å². The average Bonchev–Trinajstić information content (AvgIpc) is 2.94. The van der Waals surface area contributed by atoms with E-state index in [1.54, 1.807) is 0 Å². The number of benzene rings is 1. The summed E-state index contributed by atoms with van der Waals surface area (Å²) in [7, 11) is 0. The second-order valence-electron chi connectivity index (χ2n) is 5.24. The van der Waals surface area contributed by atoms with Crippen molar-refractivity contribution in [1.29, 1.82) is 0 Å². The monoisotopic (exact) mass is 308 g/mol. The van der Waals surface area contributed by atoms with E-state index in [1.165, 1.54) is 28.8 Å². The van der Waals surface area contributed by atoms with E-state index in [9.17, 15) is 14.0 Å². The molecule has 1 aliphatic carbocycles. The summed E-state index contributed by atoms with van der Waals surface area (Å²) in [6, 6.07) is 5.40. The zero-order valence-corrected chi connectivity index (χ0v) is 12.0. The fourth-order valence-corrected chi connectivity index (χ4v) is 3.15. The zero-order valence-electron chi connectivity index (χ0n) is 11.2. The van der Waals surface area contributed by atoms with Crippen LogP contribution in [0.5, 0.6) is 0 Å². The minimum Gasteiger partial charge on any atom is -0.297 e. The van der Waals surface area contributed by atoms with Gasteiger partial charge in [0, 0.05) is 6.04 Å². The summed E-state index contributed by atoms with van der Waals surface area (Å²) < 4.78 is 14.3. The van der Waals surface area contributed by atoms with Crippen LogP contribution in [0, 0.1) is 5.82 Å². The molecule has 1 fully saturated rings. The number of nitrogens with zero attached hydrogens (tertiary/aromatic N) is 1. The van der Waals surface area contributed by atoms with Crippen LogP contribution in [0.3, 0.4) is 0 Å². The number of aromatic nitrogens is 2. The van der Waals surface area contributed by atoms with Crippen LogP contribution in [0.4, 0.5) is 4.39 Å². The van der Waals surface area contributed by atoms with Crippen molar-refractivity contribution in [1.82, 2.24) is 9.55 Å². The third kappa shape index (κ3) is 2.53. The maximum atomic E-state index is 13.0. The summed E-state index contributed by atoms with van der Waals surface area (Å²) >= 11 is 6.03. The largest absolute Gasteiger partial charge is 0.329 e. The van der Waals surface area contributed by atoms with Gasteiger partial charge < -0.3 is 0 Å². The van der Waals surface area contributed by atoms with E-state index in [0.29, 0.717) is 5.56 Å². The van der Waals surface area contributed by atoms with Crippen molar-refractivity contribution in [3.63, 3.8) is 0 Å². The van der Waals surface area contributed by atoms with E-state index in [4.69, 9.17) is 11.6 Å². The lowest BCUT2D eigenvalue weighted by Gasteiger charge is -2.14. The summed E-state index contributed by atoms with van der Waals surface area (Å²) in [6.45, 7) is 0. The van der Waals surface area contributed by atoms with Crippen LogP contribution in [0.2, 0.25) is 5.15 Å². The molecule has 2 aromatic rings. The molecule has 0 amide bonds. The summed E-state index contributed by atoms with van der Waals surface area (Å²) in [4.78, 5) is 27.2. The molecule has 1 saturated carbocycles. The van der Waals surface area contributed by atoms with Crippen molar-refractivity contribution in [2.24, 2.45) is 0 Å². The Kier molecular flexibility index (Phi) is 3.68. The first-order chi connectivity index (χ1) is 10.1. The first kappa shape index (κ1) is 14.1. The second kappa shape index (κ2) is 5.48. The highest BCUT2D eigenvalue weighted by molar-refractivity contribution is 6.32. The van der Waals surface area contributed by atoms with Crippen LogP contribution in [0.25, 0.3) is 11.1 Å². The van der Waals surface area contributed by atoms with Crippen LogP contribution in [-0.2, 0) is 0 Å². The molecule has 3 rings (SSSR count). The van der Waals surface area contributed by atoms with Gasteiger partial charge in [-0.05, 0) is 30.5 Å². The Bertz CT molecular complexity index is 774. The Balaban J connectivity index is 2.21. The van der Waals surface area contributed by atoms with E-state index >= 15 is 0 Å². The van der Waals surface area contributed by atoms with E-state index in [0.717, 1.165) is 25.7 Å². The van der Waals surface area contributed by atoms with Crippen molar-refractivity contribution in [3.8, 4) is 11.1 Å². The Morgan fingerprint density at radius 1 is 1.14 bits per heavy atom. The number of hydrogen-bond acceptors (Lipinski definition) is 2. The predicted octanol–water partition coefficient (Wildman–Crippen LogP) is 3.11. The number of nitrogens with one attached hydrogen (secondary N) is 1. The second-order valence-corrected chi connectivity index (χ2v) is 5.62. The molecule has 1 aromatic heterocycles. The molecule has 0 bridgehead atoms. The number of aromatic amines is 1. The van der Waals surface area contributed by atoms with Crippen LogP contribution in [-0.4, -0.2) is 9.55 Å². The molecule has 1 N–H and O–H groups in total. The molecule has 0 unspecified atom stereocenters. The van der Waals surface area contributed by atoms with E-state index in [-0.39, 0.29) is 16.8 Å². The van der Waals surface area contributed by atoms with Crippen LogP contribution < -0.4 is 11.2 Å². The SMILES string of the molecule is O=c1[nH]c(Cl)c(-c2ccc(F)cc2)c(=O)n1C1CCCC1. The molecule has 6 heteroatoms. The van der Waals surface area contributed by atoms with Crippen LogP contribution in [0.1, 0.15) is 31.7 Å². The molecule has 0 saturated heterocycles. The molecule has 1 aromatic carbocycles. The highest BCUT2D eigenvalue weighted by Gasteiger charge is 2.23. The lowest BCUT2D eigenvalue weighted by molar-refractivity contribution is 0.480.